The third kappa shape index (κ3) is 8.90. The van der Waals surface area contributed by atoms with Crippen LogP contribution in [0, 0.1) is 0 Å². The second-order valence-electron chi connectivity index (χ2n) is 14.0. The SMILES string of the molecule is c1cc2cc(c1)CSc1ccc(cc1)-c1ccccc1-c1ccc(cc1)SCc1cccc(c1)CSc1ccc(cc1)-c1ccccc1-c1ccc(cc1)SC2. The zero-order valence-corrected chi connectivity index (χ0v) is 34.2. The lowest BCUT2D eigenvalue weighted by Crippen LogP contribution is -1.88. The molecule has 0 unspecified atom stereocenters. The van der Waals surface area contributed by atoms with E-state index in [1.165, 1.54) is 86.3 Å². The molecule has 15 rings (SSSR count). The third-order valence-corrected chi connectivity index (χ3v) is 14.5. The van der Waals surface area contributed by atoms with Gasteiger partial charge in [-0.1, -0.05) is 146 Å². The second kappa shape index (κ2) is 17.5. The fourth-order valence-electron chi connectivity index (χ4n) is 7.18. The molecule has 12 bridgehead atoms. The van der Waals surface area contributed by atoms with E-state index in [0.29, 0.717) is 0 Å². The normalized spacial score (nSPS) is 13.1. The van der Waals surface area contributed by atoms with Crippen molar-refractivity contribution in [1.29, 1.82) is 0 Å². The standard InChI is InChI=1S/C52H40S4/c1-2-12-50-42-17-25-46(26-18-42)54-34-38-8-6-10-40(32-38)36-56-48-29-21-44(22-30-48)52-14-4-3-13-51(52)43-19-27-47(28-20-43)55-35-39-9-5-7-37(31-39)33-53-45-23-15-41(16-24-45)49(50)11-1/h1-32H,33-36H2. The molecule has 8 aromatic rings. The van der Waals surface area contributed by atoms with Crippen molar-refractivity contribution in [3.05, 3.63) is 216 Å². The van der Waals surface area contributed by atoms with Gasteiger partial charge in [-0.25, -0.2) is 0 Å². The van der Waals surface area contributed by atoms with Gasteiger partial charge in [-0.05, 0) is 115 Å². The molecule has 7 aliphatic heterocycles. The molecule has 0 amide bonds. The van der Waals surface area contributed by atoms with Gasteiger partial charge in [-0.2, -0.15) is 0 Å². The topological polar surface area (TPSA) is 0 Å². The van der Waals surface area contributed by atoms with Crippen LogP contribution in [0.25, 0.3) is 44.5 Å². The molecule has 0 aromatic heterocycles. The Morgan fingerprint density at radius 3 is 0.696 bits per heavy atom. The molecule has 272 valence electrons. The van der Waals surface area contributed by atoms with E-state index in [-0.39, 0.29) is 0 Å². The molecule has 0 spiro atoms. The van der Waals surface area contributed by atoms with Gasteiger partial charge in [-0.15, -0.1) is 47.0 Å². The van der Waals surface area contributed by atoms with Gasteiger partial charge in [0.05, 0.1) is 0 Å². The summed E-state index contributed by atoms with van der Waals surface area (Å²) in [7, 11) is 0. The number of benzene rings is 8. The molecular weight excluding hydrogens is 753 g/mol. The summed E-state index contributed by atoms with van der Waals surface area (Å²) in [5, 5.41) is 0. The van der Waals surface area contributed by atoms with Crippen LogP contribution in [-0.4, -0.2) is 0 Å². The van der Waals surface area contributed by atoms with Crippen molar-refractivity contribution in [3.8, 4) is 44.5 Å². The maximum atomic E-state index is 2.37. The van der Waals surface area contributed by atoms with Crippen molar-refractivity contribution in [1.82, 2.24) is 0 Å². The molecule has 0 nitrogen and oxygen atoms in total. The summed E-state index contributed by atoms with van der Waals surface area (Å²) >= 11 is 7.60. The summed E-state index contributed by atoms with van der Waals surface area (Å²) < 4.78 is 0. The van der Waals surface area contributed by atoms with Crippen molar-refractivity contribution in [2.45, 2.75) is 42.6 Å². The molecule has 7 aliphatic rings. The Labute approximate surface area is 348 Å². The summed E-state index contributed by atoms with van der Waals surface area (Å²) in [6.45, 7) is 0. The Kier molecular flexibility index (Phi) is 11.5. The van der Waals surface area contributed by atoms with Gasteiger partial charge in [0.25, 0.3) is 0 Å². The van der Waals surface area contributed by atoms with Crippen molar-refractivity contribution in [2.75, 3.05) is 0 Å². The minimum atomic E-state index is 0.944. The van der Waals surface area contributed by atoms with E-state index in [1.54, 1.807) is 0 Å². The largest absolute Gasteiger partial charge is 0.121 e. The van der Waals surface area contributed by atoms with Crippen LogP contribution in [-0.2, 0) is 23.0 Å². The van der Waals surface area contributed by atoms with Gasteiger partial charge in [-0.3, -0.25) is 0 Å². The van der Waals surface area contributed by atoms with E-state index in [4.69, 9.17) is 0 Å². The Morgan fingerprint density at radius 1 is 0.232 bits per heavy atom. The first-order chi connectivity index (χ1) is 27.7. The van der Waals surface area contributed by atoms with Crippen LogP contribution in [0.4, 0.5) is 0 Å². The van der Waals surface area contributed by atoms with Gasteiger partial charge in [0.2, 0.25) is 0 Å². The minimum absolute atomic E-state index is 0.944. The lowest BCUT2D eigenvalue weighted by molar-refractivity contribution is 1.31. The van der Waals surface area contributed by atoms with Gasteiger partial charge in [0, 0.05) is 42.6 Å². The van der Waals surface area contributed by atoms with Crippen molar-refractivity contribution in [2.24, 2.45) is 0 Å². The molecule has 4 heteroatoms. The smallest absolute Gasteiger partial charge is 0.0232 e. The highest BCUT2D eigenvalue weighted by atomic mass is 32.2. The van der Waals surface area contributed by atoms with Crippen LogP contribution in [0.3, 0.4) is 0 Å². The molecule has 0 fully saturated rings. The van der Waals surface area contributed by atoms with Gasteiger partial charge >= 0.3 is 0 Å². The maximum Gasteiger partial charge on any atom is 0.0232 e. The predicted molar refractivity (Wildman–Crippen MR) is 246 cm³/mol. The molecule has 0 saturated heterocycles. The summed E-state index contributed by atoms with van der Waals surface area (Å²) in [4.78, 5) is 5.14. The summed E-state index contributed by atoms with van der Waals surface area (Å²) in [6.07, 6.45) is 0. The fraction of sp³-hybridized carbons (Fsp3) is 0.0769. The van der Waals surface area contributed by atoms with E-state index >= 15 is 0 Å². The maximum absolute atomic E-state index is 2.37. The molecular formula is C52H40S4. The van der Waals surface area contributed by atoms with Crippen molar-refractivity contribution in [3.63, 3.8) is 0 Å². The summed E-state index contributed by atoms with van der Waals surface area (Å²) in [5.74, 6) is 3.78. The van der Waals surface area contributed by atoms with Gasteiger partial charge in [0.15, 0.2) is 0 Å². The van der Waals surface area contributed by atoms with E-state index < -0.39 is 0 Å². The fourth-order valence-corrected chi connectivity index (χ4v) is 10.5. The zero-order chi connectivity index (χ0) is 37.5. The average molecular weight is 793 g/mol. The highest BCUT2D eigenvalue weighted by Gasteiger charge is 2.11. The van der Waals surface area contributed by atoms with Crippen LogP contribution in [0.2, 0.25) is 0 Å². The minimum Gasteiger partial charge on any atom is -0.121 e. The van der Waals surface area contributed by atoms with E-state index in [1.807, 2.05) is 47.0 Å². The Morgan fingerprint density at radius 2 is 0.464 bits per heavy atom. The van der Waals surface area contributed by atoms with Crippen LogP contribution in [0.5, 0.6) is 0 Å². The predicted octanol–water partition coefficient (Wildman–Crippen LogP) is 15.8. The molecule has 56 heavy (non-hydrogen) atoms. The highest BCUT2D eigenvalue weighted by Crippen LogP contribution is 2.37. The van der Waals surface area contributed by atoms with Crippen molar-refractivity contribution >= 4 is 47.0 Å². The number of hydrogen-bond donors (Lipinski definition) is 0. The quantitative estimate of drug-likeness (QED) is 0.150. The van der Waals surface area contributed by atoms with E-state index in [2.05, 4.69) is 194 Å². The molecule has 0 aliphatic carbocycles. The lowest BCUT2D eigenvalue weighted by atomic mass is 9.95. The average Bonchev–Trinajstić information content (AvgIpc) is 3.27. The zero-order valence-electron chi connectivity index (χ0n) is 30.9. The first kappa shape index (κ1) is 36.8. The number of thioether (sulfide) groups is 4. The van der Waals surface area contributed by atoms with Crippen LogP contribution >= 0.6 is 47.0 Å². The van der Waals surface area contributed by atoms with Gasteiger partial charge in [0.1, 0.15) is 0 Å². The molecule has 0 atom stereocenters. The van der Waals surface area contributed by atoms with Crippen molar-refractivity contribution < 1.29 is 0 Å². The lowest BCUT2D eigenvalue weighted by Gasteiger charge is -2.12. The molecule has 0 saturated carbocycles. The molecule has 0 N–H and O–H groups in total. The molecule has 7 heterocycles. The molecule has 0 radical (unpaired) electrons. The van der Waals surface area contributed by atoms with Gasteiger partial charge < -0.3 is 0 Å². The van der Waals surface area contributed by atoms with Crippen LogP contribution in [0.1, 0.15) is 22.3 Å². The number of hydrogen-bond acceptors (Lipinski definition) is 4. The Bertz CT molecular complexity index is 2200. The van der Waals surface area contributed by atoms with Crippen LogP contribution < -0.4 is 0 Å². The number of rotatable bonds is 0. The second-order valence-corrected chi connectivity index (χ2v) is 18.2. The van der Waals surface area contributed by atoms with Crippen LogP contribution in [0.15, 0.2) is 214 Å². The first-order valence-electron chi connectivity index (χ1n) is 19.0. The Hall–Kier alpha value is -4.84. The first-order valence-corrected chi connectivity index (χ1v) is 22.9. The van der Waals surface area contributed by atoms with E-state index in [0.717, 1.165) is 23.0 Å². The Balaban J connectivity index is 0.991. The highest BCUT2D eigenvalue weighted by molar-refractivity contribution is 7.99. The summed E-state index contributed by atoms with van der Waals surface area (Å²) in [5.41, 5.74) is 15.4. The monoisotopic (exact) mass is 792 g/mol. The molecule has 8 aromatic carbocycles. The van der Waals surface area contributed by atoms with E-state index in [9.17, 15) is 0 Å². The summed E-state index contributed by atoms with van der Waals surface area (Å²) in [6, 6.07) is 72.1. The third-order valence-electron chi connectivity index (χ3n) is 10.1.